The maximum absolute atomic E-state index is 4.90. The molecule has 2 fully saturated rings. The maximum atomic E-state index is 4.90. The Morgan fingerprint density at radius 1 is 1.08 bits per heavy atom. The van der Waals surface area contributed by atoms with E-state index in [1.165, 1.54) is 38.9 Å². The molecule has 0 amide bonds. The first kappa shape index (κ1) is 16.7. The molecule has 4 heterocycles. The average Bonchev–Trinajstić information content (AvgIpc) is 3.24. The summed E-state index contributed by atoms with van der Waals surface area (Å²) < 4.78 is 0. The van der Waals surface area contributed by atoms with E-state index in [9.17, 15) is 0 Å². The summed E-state index contributed by atoms with van der Waals surface area (Å²) in [5.41, 5.74) is 2.98. The lowest BCUT2D eigenvalue weighted by atomic mass is 10.0. The largest absolute Gasteiger partial charge is 0.341 e. The summed E-state index contributed by atoms with van der Waals surface area (Å²) in [5.74, 6) is 1.81. The zero-order valence-electron chi connectivity index (χ0n) is 15.5. The van der Waals surface area contributed by atoms with Crippen molar-refractivity contribution in [1.29, 1.82) is 0 Å². The van der Waals surface area contributed by atoms with Gasteiger partial charge in [-0.15, -0.1) is 0 Å². The number of likely N-dealkylation sites (tertiary alicyclic amines) is 2. The fourth-order valence-corrected chi connectivity index (χ4v) is 4.23. The molecule has 0 aromatic carbocycles. The van der Waals surface area contributed by atoms with E-state index in [4.69, 9.17) is 9.97 Å². The van der Waals surface area contributed by atoms with Crippen LogP contribution in [0.3, 0.4) is 0 Å². The Bertz CT molecular complexity index is 731. The van der Waals surface area contributed by atoms with E-state index < -0.39 is 0 Å². The minimum Gasteiger partial charge on any atom is -0.341 e. The van der Waals surface area contributed by atoms with Gasteiger partial charge in [-0.3, -0.25) is 4.90 Å². The maximum Gasteiger partial charge on any atom is 0.156 e. The molecule has 2 aromatic rings. The van der Waals surface area contributed by atoms with Crippen molar-refractivity contribution in [1.82, 2.24) is 29.7 Å². The fraction of sp³-hybridized carbons (Fsp3) is 0.632. The van der Waals surface area contributed by atoms with Crippen LogP contribution in [-0.2, 0) is 0 Å². The van der Waals surface area contributed by atoms with Crippen LogP contribution >= 0.6 is 0 Å². The van der Waals surface area contributed by atoms with Gasteiger partial charge in [-0.05, 0) is 72.3 Å². The molecular weight excluding hydrogens is 312 g/mol. The Labute approximate surface area is 149 Å². The molecule has 1 atom stereocenters. The van der Waals surface area contributed by atoms with Crippen molar-refractivity contribution >= 4 is 0 Å². The van der Waals surface area contributed by atoms with Crippen molar-refractivity contribution in [3.05, 3.63) is 29.5 Å². The predicted molar refractivity (Wildman–Crippen MR) is 98.3 cm³/mol. The summed E-state index contributed by atoms with van der Waals surface area (Å²) in [7, 11) is 2.22. The van der Waals surface area contributed by atoms with Gasteiger partial charge >= 0.3 is 0 Å². The highest BCUT2D eigenvalue weighted by molar-refractivity contribution is 5.50. The SMILES string of the molecule is Cc1cc(-c2ncc(C)[nH]2)nc(C2CCCN2C2CCN(C)CC2)n1. The van der Waals surface area contributed by atoms with Gasteiger partial charge in [-0.2, -0.15) is 0 Å². The number of hydrogen-bond donors (Lipinski definition) is 1. The molecule has 2 saturated heterocycles. The lowest BCUT2D eigenvalue weighted by Crippen LogP contribution is -2.43. The second-order valence-corrected chi connectivity index (χ2v) is 7.60. The molecule has 0 radical (unpaired) electrons. The Hall–Kier alpha value is -1.79. The molecule has 1 N–H and O–H groups in total. The summed E-state index contributed by atoms with van der Waals surface area (Å²) in [4.78, 5) is 22.5. The molecule has 6 heteroatoms. The first-order valence-electron chi connectivity index (χ1n) is 9.42. The fourth-order valence-electron chi connectivity index (χ4n) is 4.23. The monoisotopic (exact) mass is 340 g/mol. The van der Waals surface area contributed by atoms with Crippen LogP contribution in [-0.4, -0.2) is 62.5 Å². The molecule has 25 heavy (non-hydrogen) atoms. The topological polar surface area (TPSA) is 60.9 Å². The number of aromatic amines is 1. The van der Waals surface area contributed by atoms with E-state index in [1.807, 2.05) is 19.2 Å². The summed E-state index contributed by atoms with van der Waals surface area (Å²) in [6.07, 6.45) is 6.76. The van der Waals surface area contributed by atoms with Crippen LogP contribution in [0.4, 0.5) is 0 Å². The van der Waals surface area contributed by atoms with Gasteiger partial charge in [0.15, 0.2) is 5.82 Å². The first-order valence-corrected chi connectivity index (χ1v) is 9.42. The van der Waals surface area contributed by atoms with E-state index >= 15 is 0 Å². The molecule has 2 aliphatic heterocycles. The van der Waals surface area contributed by atoms with Crippen molar-refractivity contribution in [3.63, 3.8) is 0 Å². The number of aryl methyl sites for hydroxylation is 2. The smallest absolute Gasteiger partial charge is 0.156 e. The van der Waals surface area contributed by atoms with Crippen LogP contribution in [0.15, 0.2) is 12.3 Å². The zero-order valence-corrected chi connectivity index (χ0v) is 15.5. The molecule has 134 valence electrons. The number of hydrogen-bond acceptors (Lipinski definition) is 5. The van der Waals surface area contributed by atoms with Crippen molar-refractivity contribution < 1.29 is 0 Å². The van der Waals surface area contributed by atoms with E-state index in [0.717, 1.165) is 35.2 Å². The Kier molecular flexibility index (Phi) is 4.56. The highest BCUT2D eigenvalue weighted by Gasteiger charge is 2.35. The van der Waals surface area contributed by atoms with E-state index in [0.29, 0.717) is 12.1 Å². The van der Waals surface area contributed by atoms with Crippen molar-refractivity contribution in [2.24, 2.45) is 0 Å². The molecule has 0 bridgehead atoms. The Balaban J connectivity index is 1.61. The minimum absolute atomic E-state index is 0.350. The standard InChI is InChI=1S/C19H28N6/c1-13-11-16(18-20-12-14(2)22-18)23-19(21-13)17-5-4-8-25(17)15-6-9-24(3)10-7-15/h11-12,15,17H,4-10H2,1-3H3,(H,20,22). The summed E-state index contributed by atoms with van der Waals surface area (Å²) in [6.45, 7) is 7.63. The molecule has 2 aliphatic rings. The summed E-state index contributed by atoms with van der Waals surface area (Å²) >= 11 is 0. The predicted octanol–water partition coefficient (Wildman–Crippen LogP) is 2.71. The molecule has 6 nitrogen and oxygen atoms in total. The minimum atomic E-state index is 0.350. The van der Waals surface area contributed by atoms with Gasteiger partial charge in [-0.25, -0.2) is 15.0 Å². The highest BCUT2D eigenvalue weighted by atomic mass is 15.2. The third-order valence-electron chi connectivity index (χ3n) is 5.57. The number of aromatic nitrogens is 4. The van der Waals surface area contributed by atoms with Gasteiger partial charge in [0.1, 0.15) is 11.5 Å². The molecule has 1 unspecified atom stereocenters. The second-order valence-electron chi connectivity index (χ2n) is 7.60. The first-order chi connectivity index (χ1) is 12.1. The zero-order chi connectivity index (χ0) is 17.4. The number of nitrogens with zero attached hydrogens (tertiary/aromatic N) is 5. The normalized spacial score (nSPS) is 23.4. The van der Waals surface area contributed by atoms with Crippen molar-refractivity contribution in [3.8, 4) is 11.5 Å². The molecule has 4 rings (SSSR count). The van der Waals surface area contributed by atoms with Crippen LogP contribution in [0, 0.1) is 13.8 Å². The van der Waals surface area contributed by atoms with Crippen LogP contribution < -0.4 is 0 Å². The Morgan fingerprint density at radius 3 is 2.60 bits per heavy atom. The quantitative estimate of drug-likeness (QED) is 0.931. The van der Waals surface area contributed by atoms with Gasteiger partial charge in [0.25, 0.3) is 0 Å². The average molecular weight is 340 g/mol. The number of piperidine rings is 1. The van der Waals surface area contributed by atoms with E-state index in [2.05, 4.69) is 33.7 Å². The summed E-state index contributed by atoms with van der Waals surface area (Å²) in [6, 6.07) is 3.04. The number of imidazole rings is 1. The van der Waals surface area contributed by atoms with Crippen LogP contribution in [0.1, 0.15) is 48.9 Å². The van der Waals surface area contributed by atoms with Gasteiger partial charge in [0.2, 0.25) is 0 Å². The van der Waals surface area contributed by atoms with Crippen LogP contribution in [0.5, 0.6) is 0 Å². The van der Waals surface area contributed by atoms with Gasteiger partial charge in [0.05, 0.1) is 6.04 Å². The van der Waals surface area contributed by atoms with Crippen LogP contribution in [0.25, 0.3) is 11.5 Å². The Morgan fingerprint density at radius 2 is 1.88 bits per heavy atom. The van der Waals surface area contributed by atoms with Crippen molar-refractivity contribution in [2.75, 3.05) is 26.7 Å². The lowest BCUT2D eigenvalue weighted by molar-refractivity contribution is 0.107. The number of nitrogens with one attached hydrogen (secondary N) is 1. The second kappa shape index (κ2) is 6.84. The summed E-state index contributed by atoms with van der Waals surface area (Å²) in [5, 5.41) is 0. The van der Waals surface area contributed by atoms with Gasteiger partial charge < -0.3 is 9.88 Å². The molecule has 2 aromatic heterocycles. The third kappa shape index (κ3) is 3.46. The van der Waals surface area contributed by atoms with Crippen LogP contribution in [0.2, 0.25) is 0 Å². The van der Waals surface area contributed by atoms with E-state index in [1.54, 1.807) is 0 Å². The number of H-pyrrole nitrogens is 1. The van der Waals surface area contributed by atoms with E-state index in [-0.39, 0.29) is 0 Å². The lowest BCUT2D eigenvalue weighted by Gasteiger charge is -2.37. The molecule has 0 spiro atoms. The molecular formula is C19H28N6. The van der Waals surface area contributed by atoms with Gasteiger partial charge in [-0.1, -0.05) is 0 Å². The highest BCUT2D eigenvalue weighted by Crippen LogP contribution is 2.35. The molecule has 0 aliphatic carbocycles. The van der Waals surface area contributed by atoms with Gasteiger partial charge in [0, 0.05) is 23.6 Å². The van der Waals surface area contributed by atoms with Crippen molar-refractivity contribution in [2.45, 2.75) is 51.6 Å². The number of rotatable bonds is 3. The molecule has 0 saturated carbocycles. The third-order valence-corrected chi connectivity index (χ3v) is 5.57.